The van der Waals surface area contributed by atoms with E-state index in [1.807, 2.05) is 42.5 Å². The molecule has 0 saturated heterocycles. The molecule has 0 fully saturated rings. The lowest BCUT2D eigenvalue weighted by Gasteiger charge is -2.19. The van der Waals surface area contributed by atoms with E-state index in [4.69, 9.17) is 0 Å². The summed E-state index contributed by atoms with van der Waals surface area (Å²) in [7, 11) is 0. The molecule has 0 radical (unpaired) electrons. The van der Waals surface area contributed by atoms with Gasteiger partial charge >= 0.3 is 0 Å². The van der Waals surface area contributed by atoms with Gasteiger partial charge in [-0.1, -0.05) is 204 Å². The predicted octanol–water partition coefficient (Wildman–Crippen LogP) is 18.4. The van der Waals surface area contributed by atoms with E-state index in [1.54, 1.807) is 0 Å². The lowest BCUT2D eigenvalue weighted by atomic mass is 9.85. The molecule has 0 unspecified atom stereocenters. The Bertz CT molecular complexity index is 2730. The Morgan fingerprint density at radius 1 is 0.571 bits per heavy atom. The van der Waals surface area contributed by atoms with Crippen LogP contribution < -0.4 is 0 Å². The Balaban J connectivity index is 0.000000187. The fourth-order valence-electron chi connectivity index (χ4n) is 8.06. The fraction of sp³-hybridized carbons (Fsp3) is 0.230. The fourth-order valence-corrected chi connectivity index (χ4v) is 9.17. The molecule has 8 aromatic rings. The second-order valence-electron chi connectivity index (χ2n) is 16.1. The molecule has 0 aliphatic rings. The lowest BCUT2D eigenvalue weighted by molar-refractivity contribution is 0.922. The number of hydrogen-bond acceptors (Lipinski definition) is 2. The SMILES string of the molecule is C=C(C)c1ccccc1.CC/C=C(\C)N=C(CC)c1ccccc1.CCCc1ccccc1.CCc1ccccc1-c1c(C)ccc(-c2c(C)ccc3sc4ccccc4c23)c1C. The first kappa shape index (κ1) is 48.0. The van der Waals surface area contributed by atoms with Crippen molar-refractivity contribution in [3.05, 3.63) is 221 Å². The van der Waals surface area contributed by atoms with Crippen LogP contribution in [-0.2, 0) is 12.8 Å². The maximum atomic E-state index is 4.63. The molecular weight excluding hydrogens is 779 g/mol. The van der Waals surface area contributed by atoms with Crippen molar-refractivity contribution in [1.29, 1.82) is 0 Å². The number of aryl methyl sites for hydroxylation is 4. The quantitative estimate of drug-likeness (QED) is 0.122. The molecule has 0 amide bonds. The lowest BCUT2D eigenvalue weighted by Crippen LogP contribution is -1.98. The average Bonchev–Trinajstić information content (AvgIpc) is 3.69. The van der Waals surface area contributed by atoms with Gasteiger partial charge in [-0.05, 0) is 134 Å². The van der Waals surface area contributed by atoms with Crippen LogP contribution in [0.1, 0.15) is 99.7 Å². The van der Waals surface area contributed by atoms with Crippen molar-refractivity contribution in [2.24, 2.45) is 4.99 Å². The van der Waals surface area contributed by atoms with Gasteiger partial charge in [-0.3, -0.25) is 4.99 Å². The van der Waals surface area contributed by atoms with Gasteiger partial charge in [0.15, 0.2) is 0 Å². The summed E-state index contributed by atoms with van der Waals surface area (Å²) in [5.74, 6) is 0. The minimum Gasteiger partial charge on any atom is -0.258 e. The Hall–Kier alpha value is -6.09. The van der Waals surface area contributed by atoms with Crippen LogP contribution in [0.2, 0.25) is 0 Å². The van der Waals surface area contributed by atoms with Crippen molar-refractivity contribution in [2.45, 2.75) is 94.4 Å². The van der Waals surface area contributed by atoms with Gasteiger partial charge in [0.2, 0.25) is 0 Å². The van der Waals surface area contributed by atoms with Crippen molar-refractivity contribution >= 4 is 42.8 Å². The van der Waals surface area contributed by atoms with Crippen molar-refractivity contribution in [3.8, 4) is 22.3 Å². The van der Waals surface area contributed by atoms with Crippen LogP contribution in [0, 0.1) is 20.8 Å². The van der Waals surface area contributed by atoms with Gasteiger partial charge in [-0.25, -0.2) is 0 Å². The number of nitrogens with zero attached hydrogens (tertiary/aromatic N) is 1. The molecule has 0 saturated carbocycles. The van der Waals surface area contributed by atoms with Gasteiger partial charge in [0.25, 0.3) is 0 Å². The van der Waals surface area contributed by atoms with Gasteiger partial charge in [-0.2, -0.15) is 0 Å². The van der Waals surface area contributed by atoms with Crippen molar-refractivity contribution in [2.75, 3.05) is 0 Å². The van der Waals surface area contributed by atoms with E-state index in [0.717, 1.165) is 36.2 Å². The largest absolute Gasteiger partial charge is 0.258 e. The van der Waals surface area contributed by atoms with Gasteiger partial charge in [-0.15, -0.1) is 11.3 Å². The van der Waals surface area contributed by atoms with E-state index in [2.05, 4.69) is 213 Å². The van der Waals surface area contributed by atoms with Crippen molar-refractivity contribution < 1.29 is 0 Å². The standard InChI is InChI=1S/C29H26S.C14H19N.C9H10.C9H12/c1-5-21-10-6-7-11-23(21)27-18(2)14-16-22(20(27)4)28-19(3)15-17-26-29(28)24-12-8-9-13-25(24)30-26;1-4-9-12(3)15-14(5-2)13-10-7-6-8-11-13;1-8(2)9-6-4-3-5-7-9;1-2-6-9-7-4-3-5-8-9/h6-17H,5H2,1-4H3;6-11H,4-5H2,1-3H3;3-7H,1H2,2H3;3-5,7-8H,2,6H2,1H3/b;12-9+,15-14?;;. The van der Waals surface area contributed by atoms with Crippen molar-refractivity contribution in [3.63, 3.8) is 0 Å². The van der Waals surface area contributed by atoms with E-state index in [1.165, 1.54) is 94.2 Å². The summed E-state index contributed by atoms with van der Waals surface area (Å²) in [6, 6.07) is 58.0. The van der Waals surface area contributed by atoms with Gasteiger partial charge in [0, 0.05) is 31.6 Å². The third kappa shape index (κ3) is 13.0. The highest BCUT2D eigenvalue weighted by Crippen LogP contribution is 2.44. The Morgan fingerprint density at radius 2 is 1.14 bits per heavy atom. The number of fused-ring (bicyclic) bond motifs is 3. The summed E-state index contributed by atoms with van der Waals surface area (Å²) in [6.45, 7) is 23.4. The molecule has 0 bridgehead atoms. The Labute approximate surface area is 383 Å². The van der Waals surface area contributed by atoms with Crippen LogP contribution in [-0.4, -0.2) is 5.71 Å². The van der Waals surface area contributed by atoms with Crippen LogP contribution >= 0.6 is 11.3 Å². The highest BCUT2D eigenvalue weighted by Gasteiger charge is 2.18. The van der Waals surface area contributed by atoms with Crippen LogP contribution in [0.15, 0.2) is 187 Å². The molecule has 1 heterocycles. The molecule has 8 rings (SSSR count). The summed E-state index contributed by atoms with van der Waals surface area (Å²) in [5.41, 5.74) is 18.3. The zero-order valence-corrected chi connectivity index (χ0v) is 40.1. The third-order valence-electron chi connectivity index (χ3n) is 11.3. The van der Waals surface area contributed by atoms with Gasteiger partial charge in [0.05, 0.1) is 0 Å². The molecule has 0 spiro atoms. The maximum absolute atomic E-state index is 4.63. The number of rotatable bonds is 10. The first-order valence-electron chi connectivity index (χ1n) is 22.8. The molecule has 1 aromatic heterocycles. The van der Waals surface area contributed by atoms with E-state index in [9.17, 15) is 0 Å². The average molecular weight is 846 g/mol. The minimum atomic E-state index is 0.971. The summed E-state index contributed by atoms with van der Waals surface area (Å²) >= 11 is 1.89. The highest BCUT2D eigenvalue weighted by atomic mass is 32.1. The molecule has 0 N–H and O–H groups in total. The topological polar surface area (TPSA) is 12.4 Å². The molecule has 0 aliphatic carbocycles. The summed E-state index contributed by atoms with van der Waals surface area (Å²) in [4.78, 5) is 4.63. The molecule has 322 valence electrons. The van der Waals surface area contributed by atoms with Gasteiger partial charge < -0.3 is 0 Å². The van der Waals surface area contributed by atoms with Crippen LogP contribution in [0.5, 0.6) is 0 Å². The molecule has 7 aromatic carbocycles. The van der Waals surface area contributed by atoms with E-state index in [-0.39, 0.29) is 0 Å². The Morgan fingerprint density at radius 3 is 1.75 bits per heavy atom. The Kier molecular flexibility index (Phi) is 18.7. The summed E-state index contributed by atoms with van der Waals surface area (Å²) in [6.07, 6.45) is 7.66. The summed E-state index contributed by atoms with van der Waals surface area (Å²) < 4.78 is 2.73. The minimum absolute atomic E-state index is 0.971. The zero-order chi connectivity index (χ0) is 45.1. The van der Waals surface area contributed by atoms with E-state index in [0.29, 0.717) is 0 Å². The van der Waals surface area contributed by atoms with E-state index < -0.39 is 0 Å². The monoisotopic (exact) mass is 845 g/mol. The summed E-state index contributed by atoms with van der Waals surface area (Å²) in [5, 5.41) is 2.77. The zero-order valence-electron chi connectivity index (χ0n) is 39.3. The van der Waals surface area contributed by atoms with Crippen molar-refractivity contribution in [1.82, 2.24) is 0 Å². The number of thiophene rings is 1. The number of aliphatic imine (C=N–C) groups is 1. The first-order chi connectivity index (χ1) is 30.6. The number of hydrogen-bond donors (Lipinski definition) is 0. The molecular formula is C61H67NS. The molecule has 2 heteroatoms. The number of benzene rings is 7. The van der Waals surface area contributed by atoms with Crippen LogP contribution in [0.3, 0.4) is 0 Å². The number of allylic oxidation sites excluding steroid dienone is 3. The maximum Gasteiger partial charge on any atom is 0.0476 e. The molecule has 0 atom stereocenters. The third-order valence-corrected chi connectivity index (χ3v) is 12.4. The normalized spacial score (nSPS) is 11.2. The molecule has 0 aliphatic heterocycles. The smallest absolute Gasteiger partial charge is 0.0476 e. The van der Waals surface area contributed by atoms with Crippen LogP contribution in [0.4, 0.5) is 0 Å². The second kappa shape index (κ2) is 24.5. The predicted molar refractivity (Wildman–Crippen MR) is 283 cm³/mol. The first-order valence-corrected chi connectivity index (χ1v) is 23.6. The highest BCUT2D eigenvalue weighted by molar-refractivity contribution is 7.25. The second-order valence-corrected chi connectivity index (χ2v) is 17.2. The van der Waals surface area contributed by atoms with Crippen LogP contribution in [0.25, 0.3) is 48.0 Å². The van der Waals surface area contributed by atoms with E-state index >= 15 is 0 Å². The molecule has 1 nitrogen and oxygen atoms in total. The molecule has 63 heavy (non-hydrogen) atoms. The van der Waals surface area contributed by atoms with Gasteiger partial charge in [0.1, 0.15) is 0 Å².